The van der Waals surface area contributed by atoms with Gasteiger partial charge in [0.05, 0.1) is 4.90 Å². The molecule has 0 saturated carbocycles. The summed E-state index contributed by atoms with van der Waals surface area (Å²) in [7, 11) is -3.58. The molecule has 0 fully saturated rings. The van der Waals surface area contributed by atoms with E-state index in [-0.39, 0.29) is 6.04 Å². The second kappa shape index (κ2) is 8.30. The first kappa shape index (κ1) is 18.4. The van der Waals surface area contributed by atoms with E-state index in [0.29, 0.717) is 11.3 Å². The molecular formula is C22H23NO2S. The smallest absolute Gasteiger partial charge is 0.207 e. The summed E-state index contributed by atoms with van der Waals surface area (Å²) in [4.78, 5) is 0.295. The summed E-state index contributed by atoms with van der Waals surface area (Å²) in [5.41, 5.74) is 3.20. The van der Waals surface area contributed by atoms with Gasteiger partial charge in [0.25, 0.3) is 0 Å². The van der Waals surface area contributed by atoms with Gasteiger partial charge >= 0.3 is 0 Å². The van der Waals surface area contributed by atoms with Crippen molar-refractivity contribution in [1.29, 1.82) is 0 Å². The first-order chi connectivity index (χ1) is 12.5. The van der Waals surface area contributed by atoms with Gasteiger partial charge in [0.15, 0.2) is 0 Å². The van der Waals surface area contributed by atoms with Crippen molar-refractivity contribution in [2.24, 2.45) is 0 Å². The molecule has 0 radical (unpaired) electrons. The lowest BCUT2D eigenvalue weighted by atomic mass is 10.00. The van der Waals surface area contributed by atoms with Crippen molar-refractivity contribution in [3.05, 3.63) is 102 Å². The molecule has 3 aromatic carbocycles. The molecule has 0 amide bonds. The van der Waals surface area contributed by atoms with E-state index in [9.17, 15) is 8.42 Å². The number of rotatable bonds is 7. The fourth-order valence-corrected chi connectivity index (χ4v) is 4.17. The molecule has 0 saturated heterocycles. The highest BCUT2D eigenvalue weighted by Crippen LogP contribution is 2.22. The number of sulfonamides is 1. The van der Waals surface area contributed by atoms with Crippen LogP contribution < -0.4 is 4.72 Å². The summed E-state index contributed by atoms with van der Waals surface area (Å²) in [5, 5.41) is 0. The molecule has 0 bridgehead atoms. The molecule has 0 heterocycles. The summed E-state index contributed by atoms with van der Waals surface area (Å²) in [6.45, 7) is 1.94. The van der Waals surface area contributed by atoms with E-state index in [0.717, 1.165) is 17.5 Å². The molecule has 3 nitrogen and oxygen atoms in total. The molecular weight excluding hydrogens is 342 g/mol. The van der Waals surface area contributed by atoms with Gasteiger partial charge in [-0.1, -0.05) is 78.4 Å². The number of hydrogen-bond donors (Lipinski definition) is 1. The monoisotopic (exact) mass is 365 g/mol. The number of nitrogens with one attached hydrogen (secondary N) is 1. The van der Waals surface area contributed by atoms with Gasteiger partial charge in [-0.2, -0.15) is 0 Å². The second-order valence-electron chi connectivity index (χ2n) is 6.42. The number of hydrogen-bond acceptors (Lipinski definition) is 2. The molecule has 0 spiro atoms. The molecule has 0 aliphatic carbocycles. The van der Waals surface area contributed by atoms with Crippen LogP contribution in [-0.4, -0.2) is 8.42 Å². The highest BCUT2D eigenvalue weighted by molar-refractivity contribution is 7.89. The molecule has 1 N–H and O–H groups in total. The Morgan fingerprint density at radius 1 is 0.808 bits per heavy atom. The standard InChI is InChI=1S/C22H23NO2S/c1-18-12-15-21(16-13-18)26(24,25)23-22(20-10-6-3-7-11-20)17-14-19-8-4-2-5-9-19/h2-13,15-16,22-23H,14,17H2,1H3. The fourth-order valence-electron chi connectivity index (χ4n) is 2.91. The Morgan fingerprint density at radius 2 is 1.38 bits per heavy atom. The summed E-state index contributed by atoms with van der Waals surface area (Å²) in [5.74, 6) is 0. The Hall–Kier alpha value is -2.43. The van der Waals surface area contributed by atoms with Gasteiger partial charge in [0.2, 0.25) is 10.0 Å². The lowest BCUT2D eigenvalue weighted by Gasteiger charge is -2.19. The topological polar surface area (TPSA) is 46.2 Å². The minimum absolute atomic E-state index is 0.275. The average molecular weight is 365 g/mol. The predicted octanol–water partition coefficient (Wildman–Crippen LogP) is 4.65. The van der Waals surface area contributed by atoms with Crippen molar-refractivity contribution in [2.75, 3.05) is 0 Å². The van der Waals surface area contributed by atoms with E-state index in [1.807, 2.05) is 67.6 Å². The van der Waals surface area contributed by atoms with Crippen LogP contribution >= 0.6 is 0 Å². The fraction of sp³-hybridized carbons (Fsp3) is 0.182. The van der Waals surface area contributed by atoms with Crippen molar-refractivity contribution >= 4 is 10.0 Å². The normalized spacial score (nSPS) is 12.7. The summed E-state index contributed by atoms with van der Waals surface area (Å²) in [6, 6.07) is 26.5. The van der Waals surface area contributed by atoms with Gasteiger partial charge in [-0.3, -0.25) is 0 Å². The van der Waals surface area contributed by atoms with Crippen LogP contribution in [0.3, 0.4) is 0 Å². The minimum atomic E-state index is -3.58. The van der Waals surface area contributed by atoms with E-state index < -0.39 is 10.0 Å². The Balaban J connectivity index is 1.82. The zero-order chi connectivity index (χ0) is 18.4. The van der Waals surface area contributed by atoms with Crippen molar-refractivity contribution < 1.29 is 8.42 Å². The summed E-state index contributed by atoms with van der Waals surface area (Å²) < 4.78 is 28.5. The zero-order valence-corrected chi connectivity index (χ0v) is 15.6. The number of benzene rings is 3. The van der Waals surface area contributed by atoms with Gasteiger partial charge in [-0.25, -0.2) is 13.1 Å². The van der Waals surface area contributed by atoms with E-state index in [1.54, 1.807) is 12.1 Å². The lowest BCUT2D eigenvalue weighted by Crippen LogP contribution is -2.29. The maximum Gasteiger partial charge on any atom is 0.241 e. The SMILES string of the molecule is Cc1ccc(S(=O)(=O)NC(CCc2ccccc2)c2ccccc2)cc1. The van der Waals surface area contributed by atoms with Gasteiger partial charge in [-0.05, 0) is 43.0 Å². The second-order valence-corrected chi connectivity index (χ2v) is 8.14. The van der Waals surface area contributed by atoms with Gasteiger partial charge < -0.3 is 0 Å². The van der Waals surface area contributed by atoms with Crippen molar-refractivity contribution in [2.45, 2.75) is 30.7 Å². The third-order valence-corrected chi connectivity index (χ3v) is 5.88. The molecule has 4 heteroatoms. The van der Waals surface area contributed by atoms with E-state index in [2.05, 4.69) is 16.9 Å². The van der Waals surface area contributed by atoms with Gasteiger partial charge in [0, 0.05) is 6.04 Å². The Kier molecular flexibility index (Phi) is 5.86. The summed E-state index contributed by atoms with van der Waals surface area (Å²) >= 11 is 0. The van der Waals surface area contributed by atoms with Gasteiger partial charge in [-0.15, -0.1) is 0 Å². The maximum absolute atomic E-state index is 12.8. The van der Waals surface area contributed by atoms with Crippen LogP contribution in [0, 0.1) is 6.92 Å². The lowest BCUT2D eigenvalue weighted by molar-refractivity contribution is 0.539. The van der Waals surface area contributed by atoms with Crippen LogP contribution in [0.2, 0.25) is 0 Å². The van der Waals surface area contributed by atoms with E-state index >= 15 is 0 Å². The molecule has 1 atom stereocenters. The predicted molar refractivity (Wildman–Crippen MR) is 105 cm³/mol. The van der Waals surface area contributed by atoms with Crippen molar-refractivity contribution in [3.8, 4) is 0 Å². The quantitative estimate of drug-likeness (QED) is 0.662. The Morgan fingerprint density at radius 3 is 2.00 bits per heavy atom. The van der Waals surface area contributed by atoms with Crippen LogP contribution in [0.4, 0.5) is 0 Å². The molecule has 26 heavy (non-hydrogen) atoms. The third-order valence-electron chi connectivity index (χ3n) is 4.40. The minimum Gasteiger partial charge on any atom is -0.207 e. The van der Waals surface area contributed by atoms with Crippen LogP contribution in [0.1, 0.15) is 29.2 Å². The highest BCUT2D eigenvalue weighted by Gasteiger charge is 2.21. The zero-order valence-electron chi connectivity index (χ0n) is 14.8. The Labute approximate surface area is 155 Å². The molecule has 3 rings (SSSR count). The molecule has 134 valence electrons. The number of aryl methyl sites for hydroxylation is 2. The molecule has 3 aromatic rings. The molecule has 0 aromatic heterocycles. The first-order valence-electron chi connectivity index (χ1n) is 8.72. The highest BCUT2D eigenvalue weighted by atomic mass is 32.2. The summed E-state index contributed by atoms with van der Waals surface area (Å²) in [6.07, 6.45) is 1.50. The average Bonchev–Trinajstić information content (AvgIpc) is 2.67. The van der Waals surface area contributed by atoms with Crippen molar-refractivity contribution in [3.63, 3.8) is 0 Å². The van der Waals surface area contributed by atoms with E-state index in [4.69, 9.17) is 0 Å². The van der Waals surface area contributed by atoms with Crippen LogP contribution in [0.5, 0.6) is 0 Å². The van der Waals surface area contributed by atoms with Crippen LogP contribution in [0.25, 0.3) is 0 Å². The first-order valence-corrected chi connectivity index (χ1v) is 10.2. The largest absolute Gasteiger partial charge is 0.241 e. The van der Waals surface area contributed by atoms with Crippen LogP contribution in [0.15, 0.2) is 89.8 Å². The maximum atomic E-state index is 12.8. The Bertz CT molecular complexity index is 921. The molecule has 0 aliphatic rings. The van der Waals surface area contributed by atoms with Gasteiger partial charge in [0.1, 0.15) is 0 Å². The van der Waals surface area contributed by atoms with Crippen molar-refractivity contribution in [1.82, 2.24) is 4.72 Å². The van der Waals surface area contributed by atoms with Crippen LogP contribution in [-0.2, 0) is 16.4 Å². The van der Waals surface area contributed by atoms with E-state index in [1.165, 1.54) is 5.56 Å². The third kappa shape index (κ3) is 4.81. The molecule has 0 aliphatic heterocycles. The molecule has 1 unspecified atom stereocenters.